The summed E-state index contributed by atoms with van der Waals surface area (Å²) in [6.07, 6.45) is 0.562. The monoisotopic (exact) mass is 276 g/mol. The normalized spacial score (nSPS) is 17.9. The number of methoxy groups -OCH3 is 1. The number of aryl methyl sites for hydroxylation is 1. The molecule has 0 atom stereocenters. The molecule has 0 aromatic carbocycles. The van der Waals surface area contributed by atoms with E-state index < -0.39 is 9.84 Å². The fourth-order valence-corrected chi connectivity index (χ4v) is 4.58. The minimum absolute atomic E-state index is 0.165. The van der Waals surface area contributed by atoms with Gasteiger partial charge in [-0.15, -0.1) is 11.3 Å². The van der Waals surface area contributed by atoms with Crippen LogP contribution in [0.4, 0.5) is 0 Å². The van der Waals surface area contributed by atoms with Gasteiger partial charge in [-0.25, -0.2) is 13.4 Å². The van der Waals surface area contributed by atoms with Crippen LogP contribution in [0.15, 0.2) is 0 Å². The van der Waals surface area contributed by atoms with Crippen LogP contribution in [0, 0.1) is 0 Å². The summed E-state index contributed by atoms with van der Waals surface area (Å²) in [5.41, 5.74) is 0.966. The summed E-state index contributed by atoms with van der Waals surface area (Å²) in [5.74, 6) is 0.401. The second kappa shape index (κ2) is 5.43. The van der Waals surface area contributed by atoms with Gasteiger partial charge >= 0.3 is 0 Å². The minimum atomic E-state index is -2.88. The number of nitrogens with one attached hydrogen (secondary N) is 1. The molecule has 17 heavy (non-hydrogen) atoms. The Morgan fingerprint density at radius 2 is 2.35 bits per heavy atom. The van der Waals surface area contributed by atoms with Gasteiger partial charge in [0.25, 0.3) is 0 Å². The van der Waals surface area contributed by atoms with Crippen LogP contribution < -0.4 is 5.32 Å². The third-order valence-electron chi connectivity index (χ3n) is 2.58. The van der Waals surface area contributed by atoms with Crippen molar-refractivity contribution >= 4 is 21.2 Å². The van der Waals surface area contributed by atoms with Crippen LogP contribution >= 0.6 is 11.3 Å². The van der Waals surface area contributed by atoms with Crippen molar-refractivity contribution in [2.45, 2.75) is 18.7 Å². The van der Waals surface area contributed by atoms with Gasteiger partial charge in [-0.3, -0.25) is 0 Å². The highest BCUT2D eigenvalue weighted by atomic mass is 32.2. The predicted molar refractivity (Wildman–Crippen MR) is 66.9 cm³/mol. The molecule has 1 aromatic heterocycles. The molecule has 2 rings (SSSR count). The maximum Gasteiger partial charge on any atom is 0.155 e. The van der Waals surface area contributed by atoms with Crippen molar-refractivity contribution in [1.29, 1.82) is 0 Å². The van der Waals surface area contributed by atoms with Gasteiger partial charge in [0, 0.05) is 31.5 Å². The number of sulfone groups is 1. The van der Waals surface area contributed by atoms with E-state index in [1.165, 1.54) is 11.3 Å². The summed E-state index contributed by atoms with van der Waals surface area (Å²) in [6.45, 7) is 2.12. The summed E-state index contributed by atoms with van der Waals surface area (Å²) in [4.78, 5) is 5.38. The van der Waals surface area contributed by atoms with E-state index in [9.17, 15) is 8.42 Å². The largest absolute Gasteiger partial charge is 0.383 e. The SMILES string of the molecule is COCCNCc1nc2c(s1)CS(=O)(=O)CC2. The molecule has 1 aliphatic heterocycles. The smallest absolute Gasteiger partial charge is 0.155 e. The number of rotatable bonds is 5. The molecule has 7 heteroatoms. The zero-order valence-corrected chi connectivity index (χ0v) is 11.4. The van der Waals surface area contributed by atoms with E-state index in [0.717, 1.165) is 22.1 Å². The first kappa shape index (κ1) is 12.9. The van der Waals surface area contributed by atoms with Crippen molar-refractivity contribution in [1.82, 2.24) is 10.3 Å². The molecule has 0 saturated carbocycles. The van der Waals surface area contributed by atoms with Crippen molar-refractivity contribution < 1.29 is 13.2 Å². The Bertz CT molecular complexity index is 482. The van der Waals surface area contributed by atoms with E-state index in [4.69, 9.17) is 4.74 Å². The second-order valence-corrected chi connectivity index (χ2v) is 7.34. The van der Waals surface area contributed by atoms with Gasteiger partial charge in [0.05, 0.1) is 23.8 Å². The Labute approximate surface area is 105 Å². The van der Waals surface area contributed by atoms with Gasteiger partial charge < -0.3 is 10.1 Å². The zero-order valence-electron chi connectivity index (χ0n) is 9.73. The lowest BCUT2D eigenvalue weighted by atomic mass is 10.3. The molecule has 1 aromatic rings. The first-order valence-electron chi connectivity index (χ1n) is 5.48. The van der Waals surface area contributed by atoms with Crippen molar-refractivity contribution in [2.75, 3.05) is 26.0 Å². The van der Waals surface area contributed by atoms with E-state index in [-0.39, 0.29) is 11.5 Å². The summed E-state index contributed by atoms with van der Waals surface area (Å²) in [6, 6.07) is 0. The standard InChI is InChI=1S/C10H16N2O3S2/c1-15-4-3-11-6-10-12-8-2-5-17(13,14)7-9(8)16-10/h11H,2-7H2,1H3. The van der Waals surface area contributed by atoms with Gasteiger partial charge in [0.1, 0.15) is 5.01 Å². The molecule has 0 radical (unpaired) electrons. The van der Waals surface area contributed by atoms with Crippen molar-refractivity contribution in [3.63, 3.8) is 0 Å². The quantitative estimate of drug-likeness (QED) is 0.786. The number of hydrogen-bond donors (Lipinski definition) is 1. The molecule has 5 nitrogen and oxygen atoms in total. The third-order valence-corrected chi connectivity index (χ3v) is 5.42. The van der Waals surface area contributed by atoms with Gasteiger partial charge in [0.2, 0.25) is 0 Å². The van der Waals surface area contributed by atoms with E-state index in [1.54, 1.807) is 7.11 Å². The lowest BCUT2D eigenvalue weighted by Gasteiger charge is -2.09. The molecule has 0 amide bonds. The highest BCUT2D eigenvalue weighted by molar-refractivity contribution is 7.90. The second-order valence-electron chi connectivity index (χ2n) is 3.99. The third kappa shape index (κ3) is 3.48. The maximum absolute atomic E-state index is 11.5. The fraction of sp³-hybridized carbons (Fsp3) is 0.700. The van der Waals surface area contributed by atoms with E-state index in [2.05, 4.69) is 10.3 Å². The highest BCUT2D eigenvalue weighted by Gasteiger charge is 2.24. The maximum atomic E-state index is 11.5. The van der Waals surface area contributed by atoms with Crippen LogP contribution in [0.2, 0.25) is 0 Å². The molecule has 96 valence electrons. The van der Waals surface area contributed by atoms with Crippen molar-refractivity contribution in [3.05, 3.63) is 15.6 Å². The van der Waals surface area contributed by atoms with E-state index >= 15 is 0 Å². The number of thiazole rings is 1. The van der Waals surface area contributed by atoms with E-state index in [0.29, 0.717) is 19.6 Å². The van der Waals surface area contributed by atoms with Crippen LogP contribution in [0.5, 0.6) is 0 Å². The molecule has 0 aliphatic carbocycles. The molecule has 0 unspecified atom stereocenters. The molecule has 2 heterocycles. The summed E-state index contributed by atoms with van der Waals surface area (Å²) in [7, 11) is -1.22. The average Bonchev–Trinajstić information content (AvgIpc) is 2.65. The molecule has 1 aliphatic rings. The molecular formula is C10H16N2O3S2. The molecular weight excluding hydrogens is 260 g/mol. The molecule has 0 saturated heterocycles. The van der Waals surface area contributed by atoms with Gasteiger partial charge in [-0.1, -0.05) is 0 Å². The fourth-order valence-electron chi connectivity index (χ4n) is 1.71. The number of ether oxygens (including phenoxy) is 1. The Morgan fingerprint density at radius 1 is 1.53 bits per heavy atom. The first-order valence-corrected chi connectivity index (χ1v) is 8.12. The number of fused-ring (bicyclic) bond motifs is 1. The Balaban J connectivity index is 1.96. The van der Waals surface area contributed by atoms with Crippen molar-refractivity contribution in [2.24, 2.45) is 0 Å². The Hall–Kier alpha value is -0.500. The lowest BCUT2D eigenvalue weighted by Crippen LogP contribution is -2.18. The first-order chi connectivity index (χ1) is 8.11. The lowest BCUT2D eigenvalue weighted by molar-refractivity contribution is 0.199. The van der Waals surface area contributed by atoms with E-state index in [1.807, 2.05) is 0 Å². The van der Waals surface area contributed by atoms with Crippen LogP contribution in [0.25, 0.3) is 0 Å². The predicted octanol–water partition coefficient (Wildman–Crippen LogP) is 0.350. The van der Waals surface area contributed by atoms with Crippen LogP contribution in [0.1, 0.15) is 15.6 Å². The summed E-state index contributed by atoms with van der Waals surface area (Å²) in [5, 5.41) is 4.17. The van der Waals surface area contributed by atoms with Gasteiger partial charge in [-0.2, -0.15) is 0 Å². The average molecular weight is 276 g/mol. The Kier molecular flexibility index (Phi) is 4.13. The summed E-state index contributed by atoms with van der Waals surface area (Å²) < 4.78 is 27.9. The molecule has 0 fully saturated rings. The zero-order chi connectivity index (χ0) is 12.3. The number of hydrogen-bond acceptors (Lipinski definition) is 6. The van der Waals surface area contributed by atoms with Gasteiger partial charge in [-0.05, 0) is 0 Å². The molecule has 0 spiro atoms. The van der Waals surface area contributed by atoms with Crippen LogP contribution in [-0.2, 0) is 33.3 Å². The van der Waals surface area contributed by atoms with Gasteiger partial charge in [0.15, 0.2) is 9.84 Å². The van der Waals surface area contributed by atoms with Crippen LogP contribution in [0.3, 0.4) is 0 Å². The number of aromatic nitrogens is 1. The summed E-state index contributed by atoms with van der Waals surface area (Å²) >= 11 is 1.50. The number of nitrogens with zero attached hydrogens (tertiary/aromatic N) is 1. The Morgan fingerprint density at radius 3 is 3.12 bits per heavy atom. The van der Waals surface area contributed by atoms with Crippen molar-refractivity contribution in [3.8, 4) is 0 Å². The topological polar surface area (TPSA) is 68.3 Å². The molecule has 1 N–H and O–H groups in total. The van der Waals surface area contributed by atoms with Crippen LogP contribution in [-0.4, -0.2) is 39.4 Å². The molecule has 0 bridgehead atoms. The minimum Gasteiger partial charge on any atom is -0.383 e. The highest BCUT2D eigenvalue weighted by Crippen LogP contribution is 2.26.